The molecule has 0 radical (unpaired) electrons. The minimum Gasteiger partial charge on any atom is -0.461 e. The summed E-state index contributed by atoms with van der Waals surface area (Å²) in [7, 11) is 0. The highest BCUT2D eigenvalue weighted by Crippen LogP contribution is 2.11. The van der Waals surface area contributed by atoms with Gasteiger partial charge in [0, 0.05) is 6.92 Å². The van der Waals surface area contributed by atoms with E-state index in [0.29, 0.717) is 19.6 Å². The van der Waals surface area contributed by atoms with Gasteiger partial charge in [0.05, 0.1) is 13.2 Å². The molecule has 0 amide bonds. The Balaban J connectivity index is 2.16. The lowest BCUT2D eigenvalue weighted by Crippen LogP contribution is -2.05. The zero-order chi connectivity index (χ0) is 14.1. The maximum atomic E-state index is 10.7. The number of esters is 1. The lowest BCUT2D eigenvalue weighted by molar-refractivity contribution is -0.139. The van der Waals surface area contributed by atoms with E-state index in [1.54, 1.807) is 0 Å². The fourth-order valence-corrected chi connectivity index (χ4v) is 1.43. The van der Waals surface area contributed by atoms with Crippen LogP contribution in [0.15, 0.2) is 54.6 Å². The SMILES string of the molecule is C=C(CCOCc1ccccc1)C(=C)COC(C)=O. The predicted octanol–water partition coefficient (Wildman–Crippen LogP) is 3.27. The highest BCUT2D eigenvalue weighted by atomic mass is 16.5. The first-order valence-electron chi connectivity index (χ1n) is 6.20. The van der Waals surface area contributed by atoms with Crippen LogP contribution < -0.4 is 0 Å². The van der Waals surface area contributed by atoms with Crippen LogP contribution in [0, 0.1) is 0 Å². The lowest BCUT2D eigenvalue weighted by atomic mass is 10.1. The second kappa shape index (κ2) is 8.27. The number of benzene rings is 1. The molecular formula is C16H20O3. The van der Waals surface area contributed by atoms with E-state index in [-0.39, 0.29) is 12.6 Å². The van der Waals surface area contributed by atoms with E-state index in [0.717, 1.165) is 16.7 Å². The van der Waals surface area contributed by atoms with Crippen molar-refractivity contribution in [3.8, 4) is 0 Å². The summed E-state index contributed by atoms with van der Waals surface area (Å²) in [4.78, 5) is 10.7. The second-order valence-corrected chi connectivity index (χ2v) is 4.28. The average molecular weight is 260 g/mol. The molecule has 0 aliphatic carbocycles. The summed E-state index contributed by atoms with van der Waals surface area (Å²) in [6, 6.07) is 9.99. The molecule has 1 aromatic carbocycles. The number of hydrogen-bond donors (Lipinski definition) is 0. The number of hydrogen-bond acceptors (Lipinski definition) is 3. The Morgan fingerprint density at radius 3 is 2.47 bits per heavy atom. The van der Waals surface area contributed by atoms with E-state index in [1.165, 1.54) is 6.92 Å². The molecule has 0 aliphatic heterocycles. The van der Waals surface area contributed by atoms with E-state index in [4.69, 9.17) is 9.47 Å². The average Bonchev–Trinajstić information content (AvgIpc) is 2.41. The van der Waals surface area contributed by atoms with Crippen molar-refractivity contribution < 1.29 is 14.3 Å². The molecule has 0 N–H and O–H groups in total. The van der Waals surface area contributed by atoms with Crippen LogP contribution in [-0.2, 0) is 20.9 Å². The molecule has 0 saturated heterocycles. The molecule has 3 nitrogen and oxygen atoms in total. The van der Waals surface area contributed by atoms with Gasteiger partial charge in [0.15, 0.2) is 0 Å². The first-order valence-corrected chi connectivity index (χ1v) is 6.20. The molecule has 0 unspecified atom stereocenters. The van der Waals surface area contributed by atoms with Crippen LogP contribution in [0.3, 0.4) is 0 Å². The van der Waals surface area contributed by atoms with E-state index in [9.17, 15) is 4.79 Å². The van der Waals surface area contributed by atoms with E-state index < -0.39 is 0 Å². The topological polar surface area (TPSA) is 35.5 Å². The lowest BCUT2D eigenvalue weighted by Gasteiger charge is -2.10. The second-order valence-electron chi connectivity index (χ2n) is 4.28. The summed E-state index contributed by atoms with van der Waals surface area (Å²) in [6.07, 6.45) is 0.687. The molecule has 102 valence electrons. The van der Waals surface area contributed by atoms with E-state index >= 15 is 0 Å². The fourth-order valence-electron chi connectivity index (χ4n) is 1.43. The van der Waals surface area contributed by atoms with Gasteiger partial charge < -0.3 is 9.47 Å². The van der Waals surface area contributed by atoms with Gasteiger partial charge in [-0.05, 0) is 23.1 Å². The Hall–Kier alpha value is -1.87. The molecular weight excluding hydrogens is 240 g/mol. The molecule has 0 saturated carbocycles. The zero-order valence-electron chi connectivity index (χ0n) is 11.4. The standard InChI is InChI=1S/C16H20O3/c1-13(14(2)11-19-15(3)17)9-10-18-12-16-7-5-4-6-8-16/h4-8H,1-2,9-12H2,3H3. The van der Waals surface area contributed by atoms with Crippen LogP contribution in [0.25, 0.3) is 0 Å². The zero-order valence-corrected chi connectivity index (χ0v) is 11.4. The van der Waals surface area contributed by atoms with Gasteiger partial charge in [-0.15, -0.1) is 0 Å². The number of ether oxygens (including phenoxy) is 2. The third-order valence-corrected chi connectivity index (χ3v) is 2.61. The Kier molecular flexibility index (Phi) is 6.61. The van der Waals surface area contributed by atoms with Crippen molar-refractivity contribution in [3.05, 3.63) is 60.2 Å². The van der Waals surface area contributed by atoms with E-state index in [1.807, 2.05) is 30.3 Å². The quantitative estimate of drug-likeness (QED) is 0.409. The molecule has 0 bridgehead atoms. The molecule has 1 aromatic rings. The fraction of sp³-hybridized carbons (Fsp3) is 0.312. The molecule has 3 heteroatoms. The van der Waals surface area contributed by atoms with Crippen molar-refractivity contribution in [2.45, 2.75) is 20.0 Å². The molecule has 0 spiro atoms. The van der Waals surface area contributed by atoms with Gasteiger partial charge in [0.2, 0.25) is 0 Å². The largest absolute Gasteiger partial charge is 0.461 e. The highest BCUT2D eigenvalue weighted by Gasteiger charge is 2.03. The maximum absolute atomic E-state index is 10.7. The monoisotopic (exact) mass is 260 g/mol. The van der Waals surface area contributed by atoms with Crippen molar-refractivity contribution in [2.75, 3.05) is 13.2 Å². The molecule has 1 rings (SSSR count). The van der Waals surface area contributed by atoms with Gasteiger partial charge >= 0.3 is 5.97 Å². The normalized spacial score (nSPS) is 9.95. The van der Waals surface area contributed by atoms with Crippen molar-refractivity contribution in [3.63, 3.8) is 0 Å². The number of carbonyl (C=O) groups excluding carboxylic acids is 1. The summed E-state index contributed by atoms with van der Waals surface area (Å²) in [5.41, 5.74) is 2.74. The van der Waals surface area contributed by atoms with Gasteiger partial charge in [0.25, 0.3) is 0 Å². The Morgan fingerprint density at radius 1 is 1.16 bits per heavy atom. The summed E-state index contributed by atoms with van der Waals surface area (Å²) in [5.74, 6) is -0.311. The first kappa shape index (κ1) is 15.2. The first-order chi connectivity index (χ1) is 9.09. The van der Waals surface area contributed by atoms with Crippen molar-refractivity contribution >= 4 is 5.97 Å². The van der Waals surface area contributed by atoms with Crippen molar-refractivity contribution in [1.82, 2.24) is 0 Å². The number of rotatable bonds is 8. The van der Waals surface area contributed by atoms with E-state index in [2.05, 4.69) is 13.2 Å². The molecule has 0 heterocycles. The Labute approximate surface area is 114 Å². The number of carbonyl (C=O) groups is 1. The Bertz CT molecular complexity index is 435. The predicted molar refractivity (Wildman–Crippen MR) is 75.6 cm³/mol. The molecule has 19 heavy (non-hydrogen) atoms. The molecule has 0 fully saturated rings. The molecule has 0 aromatic heterocycles. The third kappa shape index (κ3) is 6.58. The van der Waals surface area contributed by atoms with Gasteiger partial charge in [0.1, 0.15) is 6.61 Å². The summed E-state index contributed by atoms with van der Waals surface area (Å²) in [5, 5.41) is 0. The highest BCUT2D eigenvalue weighted by molar-refractivity contribution is 5.66. The van der Waals surface area contributed by atoms with Crippen molar-refractivity contribution in [1.29, 1.82) is 0 Å². The summed E-state index contributed by atoms with van der Waals surface area (Å²) in [6.45, 7) is 10.5. The smallest absolute Gasteiger partial charge is 0.302 e. The van der Waals surface area contributed by atoms with Crippen molar-refractivity contribution in [2.24, 2.45) is 0 Å². The Morgan fingerprint density at radius 2 is 1.84 bits per heavy atom. The third-order valence-electron chi connectivity index (χ3n) is 2.61. The van der Waals surface area contributed by atoms with Gasteiger partial charge in [-0.1, -0.05) is 43.5 Å². The molecule has 0 aliphatic rings. The van der Waals surface area contributed by atoms with Crippen LogP contribution in [0.1, 0.15) is 18.9 Å². The van der Waals surface area contributed by atoms with Crippen LogP contribution >= 0.6 is 0 Å². The van der Waals surface area contributed by atoms with Crippen LogP contribution in [0.4, 0.5) is 0 Å². The summed E-state index contributed by atoms with van der Waals surface area (Å²) < 4.78 is 10.4. The van der Waals surface area contributed by atoms with Gasteiger partial charge in [-0.3, -0.25) is 4.79 Å². The molecule has 0 atom stereocenters. The van der Waals surface area contributed by atoms with Crippen LogP contribution in [0.2, 0.25) is 0 Å². The summed E-state index contributed by atoms with van der Waals surface area (Å²) >= 11 is 0. The maximum Gasteiger partial charge on any atom is 0.302 e. The minimum atomic E-state index is -0.311. The van der Waals surface area contributed by atoms with Gasteiger partial charge in [-0.2, -0.15) is 0 Å². The van der Waals surface area contributed by atoms with Crippen LogP contribution in [-0.4, -0.2) is 19.2 Å². The van der Waals surface area contributed by atoms with Crippen LogP contribution in [0.5, 0.6) is 0 Å². The van der Waals surface area contributed by atoms with Gasteiger partial charge in [-0.25, -0.2) is 0 Å². The minimum absolute atomic E-state index is 0.201.